The maximum absolute atomic E-state index is 6.08. The third-order valence-corrected chi connectivity index (χ3v) is 3.90. The molecule has 1 atom stereocenters. The van der Waals surface area contributed by atoms with Crippen LogP contribution in [-0.4, -0.2) is 13.7 Å². The lowest BCUT2D eigenvalue weighted by atomic mass is 9.93. The lowest BCUT2D eigenvalue weighted by molar-refractivity contribution is 0.404. The Bertz CT molecular complexity index is 625. The molecule has 0 bridgehead atoms. The molecule has 3 heteroatoms. The third kappa shape index (κ3) is 3.58. The number of ether oxygens (including phenoxy) is 1. The van der Waals surface area contributed by atoms with Gasteiger partial charge in [-0.2, -0.15) is 0 Å². The fraction of sp³-hybridized carbons (Fsp3) is 0.333. The second-order valence-corrected chi connectivity index (χ2v) is 5.67. The average Bonchev–Trinajstić information content (AvgIpc) is 2.48. The molecule has 0 radical (unpaired) electrons. The molecule has 21 heavy (non-hydrogen) atoms. The number of hydrogen-bond acceptors (Lipinski definition) is 2. The number of nitrogens with one attached hydrogen (secondary N) is 1. The zero-order valence-electron chi connectivity index (χ0n) is 13.0. The Morgan fingerprint density at radius 1 is 1.10 bits per heavy atom. The van der Waals surface area contributed by atoms with Crippen molar-refractivity contribution in [1.82, 2.24) is 5.32 Å². The number of benzene rings is 2. The average molecular weight is 304 g/mol. The molecule has 0 saturated heterocycles. The predicted octanol–water partition coefficient (Wildman–Crippen LogP) is 4.66. The highest BCUT2D eigenvalue weighted by atomic mass is 35.5. The van der Waals surface area contributed by atoms with Gasteiger partial charge in [0.2, 0.25) is 0 Å². The van der Waals surface area contributed by atoms with Gasteiger partial charge in [-0.15, -0.1) is 0 Å². The SMILES string of the molecule is CCNC(c1cc(C)ccc1C)c1ccc(Cl)cc1OC. The normalized spacial score (nSPS) is 12.2. The van der Waals surface area contributed by atoms with Gasteiger partial charge in [-0.3, -0.25) is 0 Å². The van der Waals surface area contributed by atoms with Gasteiger partial charge in [-0.05, 0) is 43.7 Å². The van der Waals surface area contributed by atoms with Crippen LogP contribution in [-0.2, 0) is 0 Å². The maximum Gasteiger partial charge on any atom is 0.125 e. The van der Waals surface area contributed by atoms with Gasteiger partial charge >= 0.3 is 0 Å². The van der Waals surface area contributed by atoms with Crippen molar-refractivity contribution in [2.75, 3.05) is 13.7 Å². The molecule has 0 amide bonds. The first kappa shape index (κ1) is 15.9. The summed E-state index contributed by atoms with van der Waals surface area (Å²) in [6, 6.07) is 12.5. The van der Waals surface area contributed by atoms with Gasteiger partial charge in [-0.1, -0.05) is 48.4 Å². The molecule has 0 aliphatic carbocycles. The maximum atomic E-state index is 6.08. The van der Waals surface area contributed by atoms with E-state index in [-0.39, 0.29) is 6.04 Å². The third-order valence-electron chi connectivity index (χ3n) is 3.66. The molecule has 0 aliphatic rings. The monoisotopic (exact) mass is 303 g/mol. The van der Waals surface area contributed by atoms with Crippen molar-refractivity contribution in [2.45, 2.75) is 26.8 Å². The van der Waals surface area contributed by atoms with Gasteiger partial charge in [0.25, 0.3) is 0 Å². The molecule has 1 N–H and O–H groups in total. The Morgan fingerprint density at radius 2 is 1.86 bits per heavy atom. The van der Waals surface area contributed by atoms with E-state index in [1.807, 2.05) is 18.2 Å². The van der Waals surface area contributed by atoms with Crippen LogP contribution in [0.2, 0.25) is 5.02 Å². The van der Waals surface area contributed by atoms with E-state index in [1.165, 1.54) is 16.7 Å². The minimum absolute atomic E-state index is 0.0992. The number of halogens is 1. The van der Waals surface area contributed by atoms with Gasteiger partial charge in [0, 0.05) is 10.6 Å². The van der Waals surface area contributed by atoms with E-state index >= 15 is 0 Å². The fourth-order valence-electron chi connectivity index (χ4n) is 2.59. The van der Waals surface area contributed by atoms with Gasteiger partial charge in [-0.25, -0.2) is 0 Å². The highest BCUT2D eigenvalue weighted by Gasteiger charge is 2.19. The Labute approximate surface area is 132 Å². The summed E-state index contributed by atoms with van der Waals surface area (Å²) in [5, 5.41) is 4.24. The van der Waals surface area contributed by atoms with Crippen molar-refractivity contribution >= 4 is 11.6 Å². The van der Waals surface area contributed by atoms with Crippen molar-refractivity contribution in [3.05, 3.63) is 63.7 Å². The van der Waals surface area contributed by atoms with E-state index in [0.29, 0.717) is 5.02 Å². The molecule has 2 aromatic carbocycles. The summed E-state index contributed by atoms with van der Waals surface area (Å²) in [5.74, 6) is 0.814. The summed E-state index contributed by atoms with van der Waals surface area (Å²) < 4.78 is 5.52. The number of methoxy groups -OCH3 is 1. The molecule has 2 aromatic rings. The van der Waals surface area contributed by atoms with Gasteiger partial charge in [0.05, 0.1) is 13.2 Å². The summed E-state index contributed by atoms with van der Waals surface area (Å²) in [7, 11) is 1.68. The summed E-state index contributed by atoms with van der Waals surface area (Å²) in [6.45, 7) is 7.25. The first-order chi connectivity index (χ1) is 10.1. The molecule has 0 fully saturated rings. The van der Waals surface area contributed by atoms with Crippen LogP contribution >= 0.6 is 11.6 Å². The fourth-order valence-corrected chi connectivity index (χ4v) is 2.75. The first-order valence-corrected chi connectivity index (χ1v) is 7.58. The zero-order chi connectivity index (χ0) is 15.4. The van der Waals surface area contributed by atoms with Crippen LogP contribution in [0.3, 0.4) is 0 Å². The summed E-state index contributed by atoms with van der Waals surface area (Å²) in [6.07, 6.45) is 0. The van der Waals surface area contributed by atoms with E-state index < -0.39 is 0 Å². The van der Waals surface area contributed by atoms with E-state index in [0.717, 1.165) is 17.9 Å². The molecule has 1 unspecified atom stereocenters. The Balaban J connectivity index is 2.55. The van der Waals surface area contributed by atoms with E-state index in [2.05, 4.69) is 44.3 Å². The molecule has 0 spiro atoms. The Kier molecular flexibility index (Phi) is 5.27. The highest BCUT2D eigenvalue weighted by molar-refractivity contribution is 6.30. The lowest BCUT2D eigenvalue weighted by Crippen LogP contribution is -2.23. The van der Waals surface area contributed by atoms with Gasteiger partial charge in [0.1, 0.15) is 5.75 Å². The molecule has 2 nitrogen and oxygen atoms in total. The van der Waals surface area contributed by atoms with Crippen molar-refractivity contribution < 1.29 is 4.74 Å². The van der Waals surface area contributed by atoms with Crippen LogP contribution in [0.25, 0.3) is 0 Å². The second-order valence-electron chi connectivity index (χ2n) is 5.24. The molecule has 0 aromatic heterocycles. The standard InChI is InChI=1S/C18H22ClNO/c1-5-20-18(16-10-12(2)6-7-13(16)3)15-9-8-14(19)11-17(15)21-4/h6-11,18,20H,5H2,1-4H3. The van der Waals surface area contributed by atoms with E-state index in [4.69, 9.17) is 16.3 Å². The Morgan fingerprint density at radius 3 is 2.52 bits per heavy atom. The predicted molar refractivity (Wildman–Crippen MR) is 89.4 cm³/mol. The summed E-state index contributed by atoms with van der Waals surface area (Å²) in [4.78, 5) is 0. The summed E-state index contributed by atoms with van der Waals surface area (Å²) >= 11 is 6.08. The second kappa shape index (κ2) is 6.97. The highest BCUT2D eigenvalue weighted by Crippen LogP contribution is 2.33. The van der Waals surface area contributed by atoms with Crippen molar-refractivity contribution in [3.8, 4) is 5.75 Å². The molecule has 2 rings (SSSR count). The molecule has 0 saturated carbocycles. The van der Waals surface area contributed by atoms with Crippen LogP contribution in [0.1, 0.15) is 35.2 Å². The lowest BCUT2D eigenvalue weighted by Gasteiger charge is -2.23. The number of rotatable bonds is 5. The quantitative estimate of drug-likeness (QED) is 0.867. The van der Waals surface area contributed by atoms with Crippen LogP contribution in [0.5, 0.6) is 5.75 Å². The molecule has 0 aliphatic heterocycles. The van der Waals surface area contributed by atoms with E-state index in [1.54, 1.807) is 7.11 Å². The van der Waals surface area contributed by atoms with Crippen LogP contribution < -0.4 is 10.1 Å². The van der Waals surface area contributed by atoms with Crippen LogP contribution in [0.15, 0.2) is 36.4 Å². The Hall–Kier alpha value is -1.51. The molecule has 112 valence electrons. The molecular formula is C18H22ClNO. The minimum Gasteiger partial charge on any atom is -0.496 e. The van der Waals surface area contributed by atoms with Gasteiger partial charge < -0.3 is 10.1 Å². The zero-order valence-corrected chi connectivity index (χ0v) is 13.8. The molecule has 0 heterocycles. The number of hydrogen-bond donors (Lipinski definition) is 1. The topological polar surface area (TPSA) is 21.3 Å². The smallest absolute Gasteiger partial charge is 0.125 e. The van der Waals surface area contributed by atoms with Crippen LogP contribution in [0.4, 0.5) is 0 Å². The first-order valence-electron chi connectivity index (χ1n) is 7.20. The van der Waals surface area contributed by atoms with Crippen molar-refractivity contribution in [1.29, 1.82) is 0 Å². The minimum atomic E-state index is 0.0992. The van der Waals surface area contributed by atoms with Crippen LogP contribution in [0, 0.1) is 13.8 Å². The van der Waals surface area contributed by atoms with Gasteiger partial charge in [0.15, 0.2) is 0 Å². The number of aryl methyl sites for hydroxylation is 2. The van der Waals surface area contributed by atoms with Crippen molar-refractivity contribution in [2.24, 2.45) is 0 Å². The molecular weight excluding hydrogens is 282 g/mol. The largest absolute Gasteiger partial charge is 0.496 e. The van der Waals surface area contributed by atoms with E-state index in [9.17, 15) is 0 Å². The summed E-state index contributed by atoms with van der Waals surface area (Å²) in [5.41, 5.74) is 4.91. The van der Waals surface area contributed by atoms with Crippen molar-refractivity contribution in [3.63, 3.8) is 0 Å².